The van der Waals surface area contributed by atoms with Gasteiger partial charge in [-0.15, -0.1) is 0 Å². The Kier molecular flexibility index (Phi) is 4.40. The van der Waals surface area contributed by atoms with Crippen LogP contribution in [0.4, 0.5) is 5.69 Å². The first-order valence-corrected chi connectivity index (χ1v) is 9.45. The van der Waals surface area contributed by atoms with E-state index in [1.807, 2.05) is 47.2 Å². The van der Waals surface area contributed by atoms with E-state index in [9.17, 15) is 8.42 Å². The van der Waals surface area contributed by atoms with Gasteiger partial charge in [0.15, 0.2) is 9.84 Å². The third-order valence-corrected chi connectivity index (χ3v) is 5.02. The summed E-state index contributed by atoms with van der Waals surface area (Å²) in [6.07, 6.45) is 5.30. The molecule has 0 bridgehead atoms. The lowest BCUT2D eigenvalue weighted by atomic mass is 10.1. The zero-order valence-corrected chi connectivity index (χ0v) is 14.2. The summed E-state index contributed by atoms with van der Waals surface area (Å²) in [4.78, 5) is 4.74. The zero-order chi connectivity index (χ0) is 17.2. The number of hydrogen-bond donors (Lipinski definition) is 1. The number of sulfone groups is 1. The van der Waals surface area contributed by atoms with Crippen LogP contribution in [0.5, 0.6) is 0 Å². The highest BCUT2D eigenvalue weighted by molar-refractivity contribution is 7.90. The third kappa shape index (κ3) is 3.65. The number of imidazole rings is 1. The molecule has 0 unspecified atom stereocenters. The molecule has 24 heavy (non-hydrogen) atoms. The molecular formula is C18H19N3O2S. The molecule has 5 nitrogen and oxygen atoms in total. The molecule has 124 valence electrons. The molecule has 0 aliphatic rings. The van der Waals surface area contributed by atoms with Crippen molar-refractivity contribution in [2.24, 2.45) is 0 Å². The van der Waals surface area contributed by atoms with Crippen molar-refractivity contribution in [3.05, 3.63) is 77.9 Å². The Hall–Kier alpha value is -2.60. The van der Waals surface area contributed by atoms with E-state index in [4.69, 9.17) is 5.73 Å². The van der Waals surface area contributed by atoms with Crippen molar-refractivity contribution >= 4 is 15.5 Å². The second kappa shape index (κ2) is 6.49. The van der Waals surface area contributed by atoms with E-state index in [1.54, 1.807) is 18.3 Å². The molecule has 1 aromatic heterocycles. The van der Waals surface area contributed by atoms with E-state index in [0.29, 0.717) is 17.9 Å². The second-order valence-electron chi connectivity index (χ2n) is 5.77. The Labute approximate surface area is 141 Å². The summed E-state index contributed by atoms with van der Waals surface area (Å²) in [5, 5.41) is 0. The lowest BCUT2D eigenvalue weighted by molar-refractivity contribution is 0.600. The molecule has 0 aliphatic heterocycles. The van der Waals surface area contributed by atoms with Crippen LogP contribution in [0.15, 0.2) is 65.8 Å². The number of benzene rings is 2. The quantitative estimate of drug-likeness (QED) is 0.723. The molecular weight excluding hydrogens is 322 g/mol. The van der Waals surface area contributed by atoms with Crippen molar-refractivity contribution in [2.75, 3.05) is 12.0 Å². The molecule has 2 aromatic carbocycles. The lowest BCUT2D eigenvalue weighted by Crippen LogP contribution is -2.08. The topological polar surface area (TPSA) is 78.0 Å². The summed E-state index contributed by atoms with van der Waals surface area (Å²) in [5.41, 5.74) is 8.37. The summed E-state index contributed by atoms with van der Waals surface area (Å²) in [6, 6.07) is 14.7. The van der Waals surface area contributed by atoms with Crippen LogP contribution in [0.2, 0.25) is 0 Å². The van der Waals surface area contributed by atoms with Gasteiger partial charge in [-0.25, -0.2) is 13.4 Å². The predicted octanol–water partition coefficient (Wildman–Crippen LogP) is 2.51. The first-order valence-electron chi connectivity index (χ1n) is 7.56. The van der Waals surface area contributed by atoms with Crippen LogP contribution in [0.25, 0.3) is 0 Å². The van der Waals surface area contributed by atoms with Gasteiger partial charge in [-0.2, -0.15) is 0 Å². The van der Waals surface area contributed by atoms with Crippen LogP contribution in [0.1, 0.15) is 17.0 Å². The summed E-state index contributed by atoms with van der Waals surface area (Å²) in [7, 11) is -3.27. The van der Waals surface area contributed by atoms with Crippen molar-refractivity contribution in [3.8, 4) is 0 Å². The van der Waals surface area contributed by atoms with Crippen molar-refractivity contribution in [1.29, 1.82) is 0 Å². The molecule has 3 rings (SSSR count). The Morgan fingerprint density at radius 1 is 1.12 bits per heavy atom. The number of hydrogen-bond acceptors (Lipinski definition) is 4. The first-order chi connectivity index (χ1) is 11.4. The van der Waals surface area contributed by atoms with E-state index >= 15 is 0 Å². The molecule has 0 fully saturated rings. The summed E-state index contributed by atoms with van der Waals surface area (Å²) in [5.74, 6) is 0.813. The van der Waals surface area contributed by atoms with Gasteiger partial charge in [-0.05, 0) is 29.3 Å². The molecule has 3 aromatic rings. The Morgan fingerprint density at radius 3 is 2.67 bits per heavy atom. The average molecular weight is 341 g/mol. The zero-order valence-electron chi connectivity index (χ0n) is 13.4. The average Bonchev–Trinajstić information content (AvgIpc) is 2.94. The molecule has 0 saturated heterocycles. The molecule has 1 heterocycles. The smallest absolute Gasteiger partial charge is 0.175 e. The third-order valence-electron chi connectivity index (χ3n) is 3.83. The van der Waals surface area contributed by atoms with E-state index in [1.165, 1.54) is 6.26 Å². The van der Waals surface area contributed by atoms with Crippen LogP contribution in [-0.2, 0) is 22.8 Å². The SMILES string of the molecule is CS(=O)(=O)c1ccccc1Cc1nccn1Cc1cccc(N)c1. The minimum Gasteiger partial charge on any atom is -0.399 e. The van der Waals surface area contributed by atoms with Crippen LogP contribution >= 0.6 is 0 Å². The van der Waals surface area contributed by atoms with Gasteiger partial charge in [0, 0.05) is 37.3 Å². The molecule has 0 radical (unpaired) electrons. The van der Waals surface area contributed by atoms with Gasteiger partial charge in [0.1, 0.15) is 5.82 Å². The van der Waals surface area contributed by atoms with E-state index < -0.39 is 9.84 Å². The minimum absolute atomic E-state index is 0.350. The van der Waals surface area contributed by atoms with Gasteiger partial charge in [-0.1, -0.05) is 30.3 Å². The van der Waals surface area contributed by atoms with Gasteiger partial charge in [0.25, 0.3) is 0 Å². The number of aromatic nitrogens is 2. The first kappa shape index (κ1) is 16.3. The van der Waals surface area contributed by atoms with Gasteiger partial charge in [0.05, 0.1) is 4.90 Å². The highest BCUT2D eigenvalue weighted by Gasteiger charge is 2.14. The lowest BCUT2D eigenvalue weighted by Gasteiger charge is -2.11. The monoisotopic (exact) mass is 341 g/mol. The van der Waals surface area contributed by atoms with E-state index in [-0.39, 0.29) is 0 Å². The second-order valence-corrected chi connectivity index (χ2v) is 7.76. The van der Waals surface area contributed by atoms with Crippen molar-refractivity contribution in [1.82, 2.24) is 9.55 Å². The molecule has 0 spiro atoms. The summed E-state index contributed by atoms with van der Waals surface area (Å²) < 4.78 is 25.9. The van der Waals surface area contributed by atoms with Crippen LogP contribution in [0.3, 0.4) is 0 Å². The van der Waals surface area contributed by atoms with Crippen molar-refractivity contribution in [3.63, 3.8) is 0 Å². The van der Waals surface area contributed by atoms with E-state index in [2.05, 4.69) is 4.98 Å². The molecule has 0 amide bonds. The van der Waals surface area contributed by atoms with E-state index in [0.717, 1.165) is 22.6 Å². The maximum atomic E-state index is 12.0. The molecule has 6 heteroatoms. The highest BCUT2D eigenvalue weighted by atomic mass is 32.2. The standard InChI is InChI=1S/C18H19N3O2S/c1-24(22,23)17-8-3-2-6-15(17)12-18-20-9-10-21(18)13-14-5-4-7-16(19)11-14/h2-11H,12-13,19H2,1H3. The maximum absolute atomic E-state index is 12.0. The highest BCUT2D eigenvalue weighted by Crippen LogP contribution is 2.19. The summed E-state index contributed by atoms with van der Waals surface area (Å²) in [6.45, 7) is 0.640. The normalized spacial score (nSPS) is 11.5. The number of nitrogen functional groups attached to an aromatic ring is 1. The fourth-order valence-corrected chi connectivity index (χ4v) is 3.66. The summed E-state index contributed by atoms with van der Waals surface area (Å²) >= 11 is 0. The fourth-order valence-electron chi connectivity index (χ4n) is 2.72. The maximum Gasteiger partial charge on any atom is 0.175 e. The number of rotatable bonds is 5. The number of anilines is 1. The largest absolute Gasteiger partial charge is 0.399 e. The van der Waals surface area contributed by atoms with Gasteiger partial charge >= 0.3 is 0 Å². The molecule has 0 saturated carbocycles. The Balaban J connectivity index is 1.90. The molecule has 0 aliphatic carbocycles. The Morgan fingerprint density at radius 2 is 1.92 bits per heavy atom. The predicted molar refractivity (Wildman–Crippen MR) is 94.5 cm³/mol. The van der Waals surface area contributed by atoms with Gasteiger partial charge in [0.2, 0.25) is 0 Å². The molecule has 0 atom stereocenters. The van der Waals surface area contributed by atoms with Crippen molar-refractivity contribution < 1.29 is 8.42 Å². The van der Waals surface area contributed by atoms with Crippen LogP contribution in [0, 0.1) is 0 Å². The van der Waals surface area contributed by atoms with Crippen molar-refractivity contribution in [2.45, 2.75) is 17.9 Å². The molecule has 2 N–H and O–H groups in total. The van der Waals surface area contributed by atoms with Crippen LogP contribution in [-0.4, -0.2) is 24.2 Å². The number of nitrogens with two attached hydrogens (primary N) is 1. The minimum atomic E-state index is -3.27. The number of nitrogens with zero attached hydrogens (tertiary/aromatic N) is 2. The fraction of sp³-hybridized carbons (Fsp3) is 0.167. The van der Waals surface area contributed by atoms with Gasteiger partial charge in [-0.3, -0.25) is 0 Å². The van der Waals surface area contributed by atoms with Crippen LogP contribution < -0.4 is 5.73 Å². The van der Waals surface area contributed by atoms with Gasteiger partial charge < -0.3 is 10.3 Å². The Bertz CT molecular complexity index is 962.